The lowest BCUT2D eigenvalue weighted by atomic mass is 9.94. The molecule has 0 aromatic heterocycles. The third-order valence-corrected chi connectivity index (χ3v) is 7.62. The van der Waals surface area contributed by atoms with Crippen molar-refractivity contribution in [2.45, 2.75) is 37.5 Å². The molecular formula is C18H25BrN2O3S. The highest BCUT2D eigenvalue weighted by molar-refractivity contribution is 9.10. The van der Waals surface area contributed by atoms with E-state index in [-0.39, 0.29) is 16.7 Å². The first-order valence-corrected chi connectivity index (χ1v) is 11.2. The van der Waals surface area contributed by atoms with Gasteiger partial charge in [-0.05, 0) is 49.8 Å². The molecule has 25 heavy (non-hydrogen) atoms. The Morgan fingerprint density at radius 2 is 1.88 bits per heavy atom. The van der Waals surface area contributed by atoms with Gasteiger partial charge in [0.05, 0.1) is 10.8 Å². The lowest BCUT2D eigenvalue weighted by Crippen LogP contribution is -2.48. The molecule has 0 spiro atoms. The fraction of sp³-hybridized carbons (Fsp3) is 0.611. The van der Waals surface area contributed by atoms with Crippen LogP contribution in [0.5, 0.6) is 0 Å². The van der Waals surface area contributed by atoms with Crippen molar-refractivity contribution in [2.24, 2.45) is 11.8 Å². The number of sulfonamides is 1. The maximum atomic E-state index is 12.9. The zero-order valence-corrected chi connectivity index (χ0v) is 16.9. The molecule has 5 nitrogen and oxygen atoms in total. The Morgan fingerprint density at radius 3 is 2.56 bits per heavy atom. The van der Waals surface area contributed by atoms with Crippen molar-refractivity contribution in [3.63, 3.8) is 0 Å². The van der Waals surface area contributed by atoms with E-state index in [1.165, 1.54) is 4.31 Å². The molecule has 7 heteroatoms. The van der Waals surface area contributed by atoms with Gasteiger partial charge >= 0.3 is 0 Å². The molecule has 1 atom stereocenters. The van der Waals surface area contributed by atoms with E-state index in [1.807, 2.05) is 4.90 Å². The van der Waals surface area contributed by atoms with Crippen LogP contribution in [0.25, 0.3) is 0 Å². The molecule has 0 radical (unpaired) electrons. The number of hydrogen-bond donors (Lipinski definition) is 0. The minimum absolute atomic E-state index is 0.126. The summed E-state index contributed by atoms with van der Waals surface area (Å²) in [5, 5.41) is 0. The summed E-state index contributed by atoms with van der Waals surface area (Å²) in [5.41, 5.74) is 0. The first-order chi connectivity index (χ1) is 11.9. The predicted molar refractivity (Wildman–Crippen MR) is 101 cm³/mol. The maximum absolute atomic E-state index is 12.9. The topological polar surface area (TPSA) is 57.7 Å². The van der Waals surface area contributed by atoms with Crippen molar-refractivity contribution in [3.8, 4) is 0 Å². The number of amides is 1. The van der Waals surface area contributed by atoms with E-state index in [4.69, 9.17) is 0 Å². The third kappa shape index (κ3) is 4.26. The summed E-state index contributed by atoms with van der Waals surface area (Å²) in [6.45, 7) is 4.59. The molecule has 2 heterocycles. The van der Waals surface area contributed by atoms with Crippen molar-refractivity contribution >= 4 is 31.9 Å². The normalized spacial score (nSPS) is 23.6. The summed E-state index contributed by atoms with van der Waals surface area (Å²) in [5.74, 6) is 0.578. The van der Waals surface area contributed by atoms with Crippen LogP contribution in [-0.2, 0) is 14.8 Å². The number of rotatable bonds is 3. The summed E-state index contributed by atoms with van der Waals surface area (Å²) < 4.78 is 28.0. The van der Waals surface area contributed by atoms with Gasteiger partial charge in [0.25, 0.3) is 0 Å². The second-order valence-electron chi connectivity index (χ2n) is 7.17. The largest absolute Gasteiger partial charge is 0.342 e. The van der Waals surface area contributed by atoms with Gasteiger partial charge in [-0.3, -0.25) is 4.79 Å². The van der Waals surface area contributed by atoms with Crippen molar-refractivity contribution in [1.29, 1.82) is 0 Å². The number of piperidine rings is 2. The smallest absolute Gasteiger partial charge is 0.243 e. The molecule has 0 bridgehead atoms. The number of carbonyl (C=O) groups is 1. The predicted octanol–water partition coefficient (Wildman–Crippen LogP) is 3.11. The van der Waals surface area contributed by atoms with Gasteiger partial charge in [-0.15, -0.1) is 0 Å². The number of benzene rings is 1. The van der Waals surface area contributed by atoms with Crippen LogP contribution in [0.4, 0.5) is 0 Å². The first-order valence-electron chi connectivity index (χ1n) is 8.92. The molecule has 3 rings (SSSR count). The standard InChI is InChI=1S/C18H25BrN2O3S/c1-14-7-10-20(11-8-14)18(22)15-4-3-9-21(13-15)25(23,24)17-6-2-5-16(19)12-17/h2,5-6,12,14-15H,3-4,7-11,13H2,1H3. The van der Waals surface area contributed by atoms with Crippen LogP contribution in [0.1, 0.15) is 32.6 Å². The third-order valence-electron chi connectivity index (χ3n) is 5.26. The molecule has 138 valence electrons. The Balaban J connectivity index is 1.71. The second kappa shape index (κ2) is 7.76. The van der Waals surface area contributed by atoms with Crippen molar-refractivity contribution in [3.05, 3.63) is 28.7 Å². The molecule has 1 amide bonds. The van der Waals surface area contributed by atoms with Crippen LogP contribution in [0.3, 0.4) is 0 Å². The molecule has 2 aliphatic heterocycles. The van der Waals surface area contributed by atoms with E-state index in [0.717, 1.165) is 43.2 Å². The van der Waals surface area contributed by atoms with Crippen LogP contribution in [0, 0.1) is 11.8 Å². The van der Waals surface area contributed by atoms with E-state index in [2.05, 4.69) is 22.9 Å². The number of hydrogen-bond acceptors (Lipinski definition) is 3. The minimum atomic E-state index is -3.56. The summed E-state index contributed by atoms with van der Waals surface area (Å²) in [4.78, 5) is 15.0. The van der Waals surface area contributed by atoms with Crippen molar-refractivity contribution in [2.75, 3.05) is 26.2 Å². The summed E-state index contributed by atoms with van der Waals surface area (Å²) in [6, 6.07) is 6.75. The molecule has 1 aromatic rings. The average molecular weight is 429 g/mol. The average Bonchev–Trinajstić information content (AvgIpc) is 2.62. The van der Waals surface area contributed by atoms with Gasteiger partial charge in [0, 0.05) is 30.7 Å². The number of likely N-dealkylation sites (tertiary alicyclic amines) is 1. The van der Waals surface area contributed by atoms with Gasteiger partial charge in [0.15, 0.2) is 0 Å². The maximum Gasteiger partial charge on any atom is 0.243 e. The molecule has 0 N–H and O–H groups in total. The molecule has 2 saturated heterocycles. The molecular weight excluding hydrogens is 404 g/mol. The van der Waals surface area contributed by atoms with Crippen molar-refractivity contribution < 1.29 is 13.2 Å². The van der Waals surface area contributed by atoms with Crippen LogP contribution in [0.15, 0.2) is 33.6 Å². The lowest BCUT2D eigenvalue weighted by molar-refractivity contribution is -0.138. The van der Waals surface area contributed by atoms with Crippen LogP contribution in [-0.4, -0.2) is 49.7 Å². The highest BCUT2D eigenvalue weighted by Gasteiger charge is 2.35. The summed E-state index contributed by atoms with van der Waals surface area (Å²) in [7, 11) is -3.56. The van der Waals surface area contributed by atoms with Gasteiger partial charge in [-0.25, -0.2) is 8.42 Å². The van der Waals surface area contributed by atoms with Crippen LogP contribution in [0.2, 0.25) is 0 Å². The number of carbonyl (C=O) groups excluding carboxylic acids is 1. The Morgan fingerprint density at radius 1 is 1.16 bits per heavy atom. The summed E-state index contributed by atoms with van der Waals surface area (Å²) in [6.07, 6.45) is 3.58. The SMILES string of the molecule is CC1CCN(C(=O)C2CCCN(S(=O)(=O)c3cccc(Br)c3)C2)CC1. The van der Waals surface area contributed by atoms with Crippen LogP contribution < -0.4 is 0 Å². The summed E-state index contributed by atoms with van der Waals surface area (Å²) >= 11 is 3.33. The second-order valence-corrected chi connectivity index (χ2v) is 10.0. The van der Waals surface area contributed by atoms with Crippen molar-refractivity contribution in [1.82, 2.24) is 9.21 Å². The van der Waals surface area contributed by atoms with Gasteiger partial charge in [-0.2, -0.15) is 4.31 Å². The fourth-order valence-corrected chi connectivity index (χ4v) is 5.75. The lowest BCUT2D eigenvalue weighted by Gasteiger charge is -2.36. The first kappa shape index (κ1) is 18.9. The van der Waals surface area contributed by atoms with E-state index in [0.29, 0.717) is 19.0 Å². The van der Waals surface area contributed by atoms with Gasteiger partial charge < -0.3 is 4.90 Å². The minimum Gasteiger partial charge on any atom is -0.342 e. The van der Waals surface area contributed by atoms with Crippen LogP contribution >= 0.6 is 15.9 Å². The Labute approximate surface area is 158 Å². The Kier molecular flexibility index (Phi) is 5.85. The van der Waals surface area contributed by atoms with E-state index in [9.17, 15) is 13.2 Å². The zero-order chi connectivity index (χ0) is 18.0. The number of nitrogens with zero attached hydrogens (tertiary/aromatic N) is 2. The molecule has 1 unspecified atom stereocenters. The zero-order valence-electron chi connectivity index (χ0n) is 14.5. The van der Waals surface area contributed by atoms with Gasteiger partial charge in [0.2, 0.25) is 15.9 Å². The van der Waals surface area contributed by atoms with E-state index < -0.39 is 10.0 Å². The quantitative estimate of drug-likeness (QED) is 0.742. The molecule has 2 fully saturated rings. The molecule has 2 aliphatic rings. The molecule has 0 aliphatic carbocycles. The molecule has 0 saturated carbocycles. The fourth-order valence-electron chi connectivity index (χ4n) is 3.63. The highest BCUT2D eigenvalue weighted by Crippen LogP contribution is 2.27. The monoisotopic (exact) mass is 428 g/mol. The molecule has 1 aromatic carbocycles. The van der Waals surface area contributed by atoms with E-state index >= 15 is 0 Å². The van der Waals surface area contributed by atoms with E-state index in [1.54, 1.807) is 24.3 Å². The van der Waals surface area contributed by atoms with Gasteiger partial charge in [-0.1, -0.05) is 28.9 Å². The Hall–Kier alpha value is -0.920. The van der Waals surface area contributed by atoms with Gasteiger partial charge in [0.1, 0.15) is 0 Å². The highest BCUT2D eigenvalue weighted by atomic mass is 79.9. The Bertz CT molecular complexity index is 730. The number of halogens is 1.